The monoisotopic (exact) mass is 253 g/mol. The highest BCUT2D eigenvalue weighted by Gasteiger charge is 2.29. The fourth-order valence-corrected chi connectivity index (χ4v) is 3.93. The number of hydrogen-bond donors (Lipinski definition) is 1. The molecular weight excluding hydrogens is 222 g/mol. The van der Waals surface area contributed by atoms with Crippen LogP contribution in [0.5, 0.6) is 0 Å². The Balaban J connectivity index is 1.73. The van der Waals surface area contributed by atoms with Crippen LogP contribution >= 0.6 is 0 Å². The first-order chi connectivity index (χ1) is 8.81. The van der Waals surface area contributed by atoms with Gasteiger partial charge in [0.2, 0.25) is 0 Å². The van der Waals surface area contributed by atoms with Crippen LogP contribution in [0.15, 0.2) is 0 Å². The molecule has 1 heterocycles. The zero-order chi connectivity index (χ0) is 12.8. The molecule has 1 aliphatic heterocycles. The van der Waals surface area contributed by atoms with E-state index in [1.807, 2.05) is 0 Å². The van der Waals surface area contributed by atoms with Gasteiger partial charge in [0, 0.05) is 12.6 Å². The zero-order valence-electron chi connectivity index (χ0n) is 12.1. The highest BCUT2D eigenvalue weighted by molar-refractivity contribution is 4.83. The van der Waals surface area contributed by atoms with Gasteiger partial charge in [0.1, 0.15) is 0 Å². The summed E-state index contributed by atoms with van der Waals surface area (Å²) in [5.74, 6) is 1.67. The van der Waals surface area contributed by atoms with Crippen LogP contribution in [0.3, 0.4) is 0 Å². The minimum absolute atomic E-state index is 0.417. The maximum absolute atomic E-state index is 6.48. The number of rotatable bonds is 5. The molecular formula is C16H31NO. The van der Waals surface area contributed by atoms with Gasteiger partial charge in [-0.05, 0) is 50.4 Å². The fourth-order valence-electron chi connectivity index (χ4n) is 3.93. The van der Waals surface area contributed by atoms with Gasteiger partial charge in [0.05, 0.1) is 6.10 Å². The Morgan fingerprint density at radius 2 is 1.89 bits per heavy atom. The van der Waals surface area contributed by atoms with E-state index in [9.17, 15) is 0 Å². The van der Waals surface area contributed by atoms with Crippen molar-refractivity contribution in [1.82, 2.24) is 0 Å². The Kier molecular flexibility index (Phi) is 5.97. The highest BCUT2D eigenvalue weighted by Crippen LogP contribution is 2.35. The molecule has 2 fully saturated rings. The second kappa shape index (κ2) is 7.49. The summed E-state index contributed by atoms with van der Waals surface area (Å²) in [6.45, 7) is 3.31. The molecule has 2 N–H and O–H groups in total. The normalized spacial score (nSPS) is 35.3. The molecule has 0 bridgehead atoms. The first-order valence-electron chi connectivity index (χ1n) is 8.18. The average molecular weight is 253 g/mol. The quantitative estimate of drug-likeness (QED) is 0.807. The summed E-state index contributed by atoms with van der Waals surface area (Å²) in [6, 6.07) is 0.417. The molecule has 4 atom stereocenters. The highest BCUT2D eigenvalue weighted by atomic mass is 16.5. The SMILES string of the molecule is CCC1CCCCC1C(N)CCC1CCCCO1. The van der Waals surface area contributed by atoms with E-state index in [0.717, 1.165) is 18.4 Å². The van der Waals surface area contributed by atoms with Crippen LogP contribution in [-0.2, 0) is 4.74 Å². The van der Waals surface area contributed by atoms with Crippen LogP contribution < -0.4 is 5.73 Å². The van der Waals surface area contributed by atoms with E-state index in [4.69, 9.17) is 10.5 Å². The fraction of sp³-hybridized carbons (Fsp3) is 1.00. The predicted octanol–water partition coefficient (Wildman–Crippen LogP) is 3.88. The molecule has 4 unspecified atom stereocenters. The molecule has 2 rings (SSSR count). The van der Waals surface area contributed by atoms with Crippen molar-refractivity contribution in [1.29, 1.82) is 0 Å². The smallest absolute Gasteiger partial charge is 0.0575 e. The van der Waals surface area contributed by atoms with Gasteiger partial charge < -0.3 is 10.5 Å². The molecule has 0 radical (unpaired) electrons. The Morgan fingerprint density at radius 1 is 1.11 bits per heavy atom. The summed E-state index contributed by atoms with van der Waals surface area (Å²) in [6.07, 6.45) is 13.6. The minimum atomic E-state index is 0.417. The van der Waals surface area contributed by atoms with E-state index in [-0.39, 0.29) is 0 Å². The first-order valence-corrected chi connectivity index (χ1v) is 8.18. The van der Waals surface area contributed by atoms with E-state index in [1.54, 1.807) is 0 Å². The van der Waals surface area contributed by atoms with Crippen molar-refractivity contribution in [3.63, 3.8) is 0 Å². The van der Waals surface area contributed by atoms with Crippen molar-refractivity contribution in [2.45, 2.75) is 83.3 Å². The summed E-state index contributed by atoms with van der Waals surface area (Å²) >= 11 is 0. The largest absolute Gasteiger partial charge is 0.378 e. The third-order valence-corrected chi connectivity index (χ3v) is 5.14. The molecule has 1 saturated heterocycles. The number of hydrogen-bond acceptors (Lipinski definition) is 2. The molecule has 1 saturated carbocycles. The van der Waals surface area contributed by atoms with Crippen molar-refractivity contribution in [3.05, 3.63) is 0 Å². The second-order valence-electron chi connectivity index (χ2n) is 6.35. The molecule has 1 aliphatic carbocycles. The lowest BCUT2D eigenvalue weighted by Crippen LogP contribution is -2.37. The molecule has 2 heteroatoms. The van der Waals surface area contributed by atoms with Crippen molar-refractivity contribution >= 4 is 0 Å². The maximum Gasteiger partial charge on any atom is 0.0575 e. The van der Waals surface area contributed by atoms with Gasteiger partial charge in [-0.2, -0.15) is 0 Å². The van der Waals surface area contributed by atoms with E-state index in [1.165, 1.54) is 64.2 Å². The second-order valence-corrected chi connectivity index (χ2v) is 6.35. The van der Waals surface area contributed by atoms with E-state index in [0.29, 0.717) is 12.1 Å². The van der Waals surface area contributed by atoms with Crippen molar-refractivity contribution in [3.8, 4) is 0 Å². The Hall–Kier alpha value is -0.0800. The molecule has 18 heavy (non-hydrogen) atoms. The van der Waals surface area contributed by atoms with E-state index >= 15 is 0 Å². The van der Waals surface area contributed by atoms with Crippen LogP contribution in [0.4, 0.5) is 0 Å². The van der Waals surface area contributed by atoms with Crippen LogP contribution in [0.25, 0.3) is 0 Å². The molecule has 0 aromatic carbocycles. The molecule has 106 valence electrons. The maximum atomic E-state index is 6.48. The van der Waals surface area contributed by atoms with Gasteiger partial charge in [-0.25, -0.2) is 0 Å². The third kappa shape index (κ3) is 3.96. The summed E-state index contributed by atoms with van der Waals surface area (Å²) in [4.78, 5) is 0. The summed E-state index contributed by atoms with van der Waals surface area (Å²) in [5.41, 5.74) is 6.48. The minimum Gasteiger partial charge on any atom is -0.378 e. The molecule has 2 aliphatic rings. The molecule has 0 spiro atoms. The van der Waals surface area contributed by atoms with E-state index < -0.39 is 0 Å². The van der Waals surface area contributed by atoms with Crippen molar-refractivity contribution < 1.29 is 4.74 Å². The summed E-state index contributed by atoms with van der Waals surface area (Å²) in [5, 5.41) is 0. The Bertz CT molecular complexity index is 225. The van der Waals surface area contributed by atoms with Crippen LogP contribution in [-0.4, -0.2) is 18.8 Å². The van der Waals surface area contributed by atoms with Gasteiger partial charge in [-0.3, -0.25) is 0 Å². The summed E-state index contributed by atoms with van der Waals surface area (Å²) < 4.78 is 5.81. The van der Waals surface area contributed by atoms with Crippen LogP contribution in [0.1, 0.15) is 71.1 Å². The van der Waals surface area contributed by atoms with Crippen LogP contribution in [0, 0.1) is 11.8 Å². The Morgan fingerprint density at radius 3 is 2.61 bits per heavy atom. The first kappa shape index (κ1) is 14.3. The lowest BCUT2D eigenvalue weighted by Gasteiger charge is -2.36. The number of nitrogens with two attached hydrogens (primary N) is 1. The van der Waals surface area contributed by atoms with Crippen molar-refractivity contribution in [2.75, 3.05) is 6.61 Å². The summed E-state index contributed by atoms with van der Waals surface area (Å²) in [7, 11) is 0. The van der Waals surface area contributed by atoms with Gasteiger partial charge in [0.25, 0.3) is 0 Å². The Labute approximate surface area is 113 Å². The lowest BCUT2D eigenvalue weighted by molar-refractivity contribution is 0.00709. The number of ether oxygens (including phenoxy) is 1. The standard InChI is InChI=1S/C16H31NO/c1-2-13-7-3-4-9-15(13)16(17)11-10-14-8-5-6-12-18-14/h13-16H,2-12,17H2,1H3. The molecule has 0 amide bonds. The third-order valence-electron chi connectivity index (χ3n) is 5.14. The molecule has 0 aromatic heterocycles. The lowest BCUT2D eigenvalue weighted by atomic mass is 9.73. The zero-order valence-corrected chi connectivity index (χ0v) is 12.1. The molecule has 2 nitrogen and oxygen atoms in total. The average Bonchev–Trinajstić information content (AvgIpc) is 2.45. The van der Waals surface area contributed by atoms with Gasteiger partial charge in [-0.15, -0.1) is 0 Å². The van der Waals surface area contributed by atoms with Gasteiger partial charge >= 0.3 is 0 Å². The predicted molar refractivity (Wildman–Crippen MR) is 76.5 cm³/mol. The van der Waals surface area contributed by atoms with Crippen LogP contribution in [0.2, 0.25) is 0 Å². The van der Waals surface area contributed by atoms with Gasteiger partial charge in [-0.1, -0.05) is 32.6 Å². The molecule has 0 aromatic rings. The van der Waals surface area contributed by atoms with Gasteiger partial charge in [0.15, 0.2) is 0 Å². The van der Waals surface area contributed by atoms with E-state index in [2.05, 4.69) is 6.92 Å². The van der Waals surface area contributed by atoms with Crippen molar-refractivity contribution in [2.24, 2.45) is 17.6 Å². The topological polar surface area (TPSA) is 35.2 Å².